The summed E-state index contributed by atoms with van der Waals surface area (Å²) in [7, 11) is 1.39. The van der Waals surface area contributed by atoms with E-state index < -0.39 is 6.09 Å². The van der Waals surface area contributed by atoms with Crippen LogP contribution in [0.2, 0.25) is 0 Å². The highest BCUT2D eigenvalue weighted by atomic mass is 16.5. The van der Waals surface area contributed by atoms with Gasteiger partial charge in [-0.15, -0.1) is 0 Å². The van der Waals surface area contributed by atoms with Gasteiger partial charge < -0.3 is 4.74 Å². The van der Waals surface area contributed by atoms with Crippen LogP contribution in [0, 0.1) is 5.92 Å². The van der Waals surface area contributed by atoms with Crippen LogP contribution >= 0.6 is 0 Å². The maximum Gasteiger partial charge on any atom is 0.418 e. The molecule has 4 rings (SSSR count). The molecule has 0 N–H and O–H groups in total. The molecule has 0 bridgehead atoms. The minimum absolute atomic E-state index is 0.00483. The van der Waals surface area contributed by atoms with Crippen molar-refractivity contribution in [3.8, 4) is 0 Å². The van der Waals surface area contributed by atoms with Crippen molar-refractivity contribution < 1.29 is 9.53 Å². The summed E-state index contributed by atoms with van der Waals surface area (Å²) in [4.78, 5) is 17.0. The Morgan fingerprint density at radius 1 is 1.32 bits per heavy atom. The van der Waals surface area contributed by atoms with Crippen molar-refractivity contribution in [3.63, 3.8) is 0 Å². The van der Waals surface area contributed by atoms with E-state index in [1.54, 1.807) is 4.57 Å². The lowest BCUT2D eigenvalue weighted by atomic mass is 9.90. The molecule has 108 valence electrons. The number of hydrogen-bond acceptors (Lipinski definition) is 3. The molecule has 22 heavy (non-hydrogen) atoms. The van der Waals surface area contributed by atoms with Crippen molar-refractivity contribution in [2.75, 3.05) is 7.11 Å². The molecule has 1 atom stereocenters. The first-order chi connectivity index (χ1) is 10.7. The summed E-state index contributed by atoms with van der Waals surface area (Å²) < 4.78 is 6.58. The summed E-state index contributed by atoms with van der Waals surface area (Å²) in [5.41, 5.74) is 2.61. The Labute approximate surface area is 127 Å². The molecular formula is C18H14N2O2. The van der Waals surface area contributed by atoms with Crippen LogP contribution in [0.1, 0.15) is 0 Å². The maximum absolute atomic E-state index is 12.3. The van der Waals surface area contributed by atoms with Crippen molar-refractivity contribution in [2.24, 2.45) is 10.9 Å². The van der Waals surface area contributed by atoms with Gasteiger partial charge in [0.2, 0.25) is 0 Å². The van der Waals surface area contributed by atoms with Crippen LogP contribution in [-0.4, -0.2) is 17.8 Å². The number of para-hydroxylation sites is 1. The standard InChI is InChI=1S/C18H14N2O2/c1-11-12-7-3-4-8-13(12)17-16(19-11)14-9-5-6-10-15(14)20(17)18(21)22-2/h3-10,12H,1H2,2H3. The Morgan fingerprint density at radius 3 is 2.95 bits per heavy atom. The van der Waals surface area contributed by atoms with Gasteiger partial charge in [0.1, 0.15) is 0 Å². The predicted octanol–water partition coefficient (Wildman–Crippen LogP) is 2.30. The molecule has 4 nitrogen and oxygen atoms in total. The zero-order chi connectivity index (χ0) is 15.3. The number of benzene rings is 1. The van der Waals surface area contributed by atoms with Crippen LogP contribution in [0.25, 0.3) is 16.5 Å². The van der Waals surface area contributed by atoms with E-state index >= 15 is 0 Å². The number of methoxy groups -OCH3 is 1. The number of fused-ring (bicyclic) bond motifs is 4. The lowest BCUT2D eigenvalue weighted by Crippen LogP contribution is -2.39. The molecule has 0 saturated heterocycles. The maximum atomic E-state index is 12.3. The smallest absolute Gasteiger partial charge is 0.418 e. The molecule has 0 radical (unpaired) electrons. The minimum atomic E-state index is -0.408. The van der Waals surface area contributed by atoms with Gasteiger partial charge in [-0.25, -0.2) is 9.36 Å². The summed E-state index contributed by atoms with van der Waals surface area (Å²) in [6, 6.07) is 7.71. The van der Waals surface area contributed by atoms with Gasteiger partial charge in [-0.05, 0) is 11.6 Å². The highest BCUT2D eigenvalue weighted by Crippen LogP contribution is 2.28. The second-order valence-electron chi connectivity index (χ2n) is 5.30. The fourth-order valence-corrected chi connectivity index (χ4v) is 3.15. The minimum Gasteiger partial charge on any atom is -0.452 e. The largest absolute Gasteiger partial charge is 0.452 e. The molecule has 1 aliphatic carbocycles. The monoisotopic (exact) mass is 290 g/mol. The van der Waals surface area contributed by atoms with Crippen molar-refractivity contribution in [3.05, 3.63) is 71.6 Å². The van der Waals surface area contributed by atoms with Crippen LogP contribution in [-0.2, 0) is 4.74 Å². The Kier molecular flexibility index (Phi) is 2.66. The predicted molar refractivity (Wildman–Crippen MR) is 84.8 cm³/mol. The first-order valence-electron chi connectivity index (χ1n) is 7.06. The highest BCUT2D eigenvalue weighted by molar-refractivity contribution is 5.91. The van der Waals surface area contributed by atoms with Crippen LogP contribution in [0.5, 0.6) is 0 Å². The number of ether oxygens (including phenoxy) is 1. The zero-order valence-electron chi connectivity index (χ0n) is 12.1. The summed E-state index contributed by atoms with van der Waals surface area (Å²) >= 11 is 0. The molecule has 0 amide bonds. The first-order valence-corrected chi connectivity index (χ1v) is 7.06. The molecule has 1 aliphatic heterocycles. The number of hydrogen-bond donors (Lipinski definition) is 0. The molecule has 1 aromatic carbocycles. The number of aromatic nitrogens is 1. The molecule has 1 unspecified atom stereocenters. The van der Waals surface area contributed by atoms with Gasteiger partial charge in [0.15, 0.2) is 0 Å². The zero-order valence-corrected chi connectivity index (χ0v) is 12.1. The van der Waals surface area contributed by atoms with Gasteiger partial charge in [-0.1, -0.05) is 49.1 Å². The van der Waals surface area contributed by atoms with Gasteiger partial charge in [0, 0.05) is 17.0 Å². The molecule has 4 heteroatoms. The highest BCUT2D eigenvalue weighted by Gasteiger charge is 2.25. The quantitative estimate of drug-likeness (QED) is 0.747. The van der Waals surface area contributed by atoms with E-state index in [9.17, 15) is 4.79 Å². The molecule has 2 aromatic rings. The van der Waals surface area contributed by atoms with Gasteiger partial charge >= 0.3 is 6.09 Å². The molecular weight excluding hydrogens is 276 g/mol. The second kappa shape index (κ2) is 4.56. The Bertz CT molecular complexity index is 1010. The van der Waals surface area contributed by atoms with E-state index in [4.69, 9.17) is 4.74 Å². The average molecular weight is 290 g/mol. The van der Waals surface area contributed by atoms with Crippen LogP contribution in [0.15, 0.2) is 65.8 Å². The van der Waals surface area contributed by atoms with Crippen molar-refractivity contribution >= 4 is 22.6 Å². The third-order valence-electron chi connectivity index (χ3n) is 4.12. The van der Waals surface area contributed by atoms with Gasteiger partial charge in [-0.2, -0.15) is 0 Å². The van der Waals surface area contributed by atoms with Crippen molar-refractivity contribution in [1.29, 1.82) is 0 Å². The molecule has 1 aromatic heterocycles. The fourth-order valence-electron chi connectivity index (χ4n) is 3.15. The third-order valence-corrected chi connectivity index (χ3v) is 4.12. The third kappa shape index (κ3) is 1.58. The van der Waals surface area contributed by atoms with E-state index in [1.165, 1.54) is 7.11 Å². The normalized spacial score (nSPS) is 18.9. The fraction of sp³-hybridized carbons (Fsp3) is 0.111. The molecule has 0 fully saturated rings. The van der Waals surface area contributed by atoms with Gasteiger partial charge in [0.25, 0.3) is 0 Å². The summed E-state index contributed by atoms with van der Waals surface area (Å²) in [6.45, 7) is 4.08. The first kappa shape index (κ1) is 12.8. The summed E-state index contributed by atoms with van der Waals surface area (Å²) in [5, 5.41) is 2.52. The lowest BCUT2D eigenvalue weighted by molar-refractivity contribution is 0.173. The van der Waals surface area contributed by atoms with Crippen LogP contribution < -0.4 is 10.7 Å². The van der Waals surface area contributed by atoms with E-state index in [0.29, 0.717) is 0 Å². The molecule has 0 spiro atoms. The number of carbonyl (C=O) groups is 1. The van der Waals surface area contributed by atoms with Crippen LogP contribution in [0.4, 0.5) is 4.79 Å². The number of carbonyl (C=O) groups excluding carboxylic acids is 1. The van der Waals surface area contributed by atoms with E-state index in [-0.39, 0.29) is 5.92 Å². The second-order valence-corrected chi connectivity index (χ2v) is 5.30. The van der Waals surface area contributed by atoms with Gasteiger partial charge in [-0.3, -0.25) is 4.99 Å². The summed E-state index contributed by atoms with van der Waals surface area (Å²) in [6.07, 6.45) is 7.60. The molecule has 0 saturated carbocycles. The average Bonchev–Trinajstić information content (AvgIpc) is 2.89. The number of rotatable bonds is 0. The lowest BCUT2D eigenvalue weighted by Gasteiger charge is -2.20. The van der Waals surface area contributed by atoms with Gasteiger partial charge in [0.05, 0.1) is 23.3 Å². The summed E-state index contributed by atoms with van der Waals surface area (Å²) in [5.74, 6) is 0.00483. The van der Waals surface area contributed by atoms with E-state index in [2.05, 4.69) is 11.6 Å². The van der Waals surface area contributed by atoms with Crippen molar-refractivity contribution in [1.82, 2.24) is 4.57 Å². The molecule has 2 heterocycles. The SMILES string of the molecule is C=C1N=c2c(n(C(=O)OC)c3ccccc23)=C2C=CC=CC12. The molecule has 2 aliphatic rings. The topological polar surface area (TPSA) is 43.6 Å². The van der Waals surface area contributed by atoms with E-state index in [0.717, 1.165) is 32.9 Å². The Hall–Kier alpha value is -2.88. The number of allylic oxidation sites excluding steroid dienone is 4. The van der Waals surface area contributed by atoms with Crippen molar-refractivity contribution in [2.45, 2.75) is 0 Å². The van der Waals surface area contributed by atoms with E-state index in [1.807, 2.05) is 48.6 Å². The Morgan fingerprint density at radius 2 is 2.14 bits per heavy atom. The number of nitrogens with zero attached hydrogens (tertiary/aromatic N) is 2. The van der Waals surface area contributed by atoms with Crippen LogP contribution in [0.3, 0.4) is 0 Å². The Balaban J connectivity index is 2.29.